The van der Waals surface area contributed by atoms with Crippen molar-refractivity contribution in [3.63, 3.8) is 0 Å². The van der Waals surface area contributed by atoms with Gasteiger partial charge in [0.2, 0.25) is 20.0 Å². The number of nitrogens with zero attached hydrogens (tertiary/aromatic N) is 1. The highest BCUT2D eigenvalue weighted by molar-refractivity contribution is 7.92. The van der Waals surface area contributed by atoms with Gasteiger partial charge >= 0.3 is 0 Å². The Morgan fingerprint density at radius 1 is 0.763 bits per heavy atom. The molecule has 0 amide bonds. The number of fused-ring (bicyclic) bond motifs is 2. The zero-order valence-electron chi connectivity index (χ0n) is 20.1. The SMILES string of the molecule is O=S1(=O)C[C@@H](O)[C@@H](N(CCNS(=O)(=O)c2ccc3ccccc3c2)S(=O)(=O)c2ccc3ccccc3c2)C1. The first-order chi connectivity index (χ1) is 18.0. The average Bonchev–Trinajstić information content (AvgIpc) is 3.17. The van der Waals surface area contributed by atoms with Crippen LogP contribution in [-0.2, 0) is 29.9 Å². The van der Waals surface area contributed by atoms with Gasteiger partial charge in [0.25, 0.3) is 0 Å². The lowest BCUT2D eigenvalue weighted by Crippen LogP contribution is -2.49. The molecule has 9 nitrogen and oxygen atoms in total. The van der Waals surface area contributed by atoms with Crippen molar-refractivity contribution in [2.24, 2.45) is 0 Å². The van der Waals surface area contributed by atoms with E-state index in [1.807, 2.05) is 24.3 Å². The second kappa shape index (κ2) is 10.0. The molecule has 1 aliphatic rings. The van der Waals surface area contributed by atoms with E-state index in [-0.39, 0.29) is 22.9 Å². The molecule has 12 heteroatoms. The fourth-order valence-electron chi connectivity index (χ4n) is 4.72. The third-order valence-electron chi connectivity index (χ3n) is 6.65. The van der Waals surface area contributed by atoms with Crippen molar-refractivity contribution in [2.75, 3.05) is 24.6 Å². The maximum atomic E-state index is 13.7. The van der Waals surface area contributed by atoms with Crippen molar-refractivity contribution >= 4 is 51.4 Å². The van der Waals surface area contributed by atoms with Gasteiger partial charge in [-0.25, -0.2) is 30.0 Å². The molecule has 0 spiro atoms. The summed E-state index contributed by atoms with van der Waals surface area (Å²) in [6, 6.07) is 22.4. The quantitative estimate of drug-likeness (QED) is 0.329. The minimum atomic E-state index is -4.30. The normalized spacial score (nSPS) is 19.8. The predicted molar refractivity (Wildman–Crippen MR) is 145 cm³/mol. The van der Waals surface area contributed by atoms with Gasteiger partial charge in [0.05, 0.1) is 33.4 Å². The van der Waals surface area contributed by atoms with Gasteiger partial charge in [-0.1, -0.05) is 60.7 Å². The van der Waals surface area contributed by atoms with Crippen molar-refractivity contribution in [1.82, 2.24) is 9.03 Å². The molecule has 0 bridgehead atoms. The van der Waals surface area contributed by atoms with Crippen LogP contribution in [0.4, 0.5) is 0 Å². The Labute approximate surface area is 221 Å². The first-order valence-corrected chi connectivity index (χ1v) is 16.6. The highest BCUT2D eigenvalue weighted by atomic mass is 32.2. The van der Waals surface area contributed by atoms with E-state index in [0.717, 1.165) is 20.5 Å². The predicted octanol–water partition coefficient (Wildman–Crippen LogP) is 2.12. The number of rotatable bonds is 8. The van der Waals surface area contributed by atoms with Crippen molar-refractivity contribution < 1.29 is 30.4 Å². The van der Waals surface area contributed by atoms with Crippen LogP contribution in [0.1, 0.15) is 0 Å². The van der Waals surface area contributed by atoms with Crippen LogP contribution >= 0.6 is 0 Å². The Morgan fingerprint density at radius 3 is 1.84 bits per heavy atom. The number of aliphatic hydroxyl groups is 1. The van der Waals surface area contributed by atoms with E-state index >= 15 is 0 Å². The molecule has 0 radical (unpaired) electrons. The van der Waals surface area contributed by atoms with Gasteiger partial charge < -0.3 is 5.11 Å². The summed E-state index contributed by atoms with van der Waals surface area (Å²) in [7, 11) is -12.0. The summed E-state index contributed by atoms with van der Waals surface area (Å²) in [6.07, 6.45) is -1.44. The third-order valence-corrected chi connectivity index (χ3v) is 11.7. The van der Waals surface area contributed by atoms with Gasteiger partial charge in [0, 0.05) is 13.1 Å². The van der Waals surface area contributed by atoms with Crippen molar-refractivity contribution in [2.45, 2.75) is 21.9 Å². The lowest BCUT2D eigenvalue weighted by Gasteiger charge is -2.29. The van der Waals surface area contributed by atoms with E-state index in [9.17, 15) is 30.4 Å². The van der Waals surface area contributed by atoms with Gasteiger partial charge in [0.1, 0.15) is 0 Å². The van der Waals surface area contributed by atoms with Gasteiger partial charge in [-0.2, -0.15) is 4.31 Å². The lowest BCUT2D eigenvalue weighted by atomic mass is 10.1. The summed E-state index contributed by atoms with van der Waals surface area (Å²) in [5.41, 5.74) is 0. The second-order valence-corrected chi connectivity index (χ2v) is 15.1. The molecule has 2 atom stereocenters. The Balaban J connectivity index is 1.43. The summed E-state index contributed by atoms with van der Waals surface area (Å²) < 4.78 is 81.2. The Hall–Kier alpha value is -2.87. The molecule has 2 N–H and O–H groups in total. The molecule has 0 saturated carbocycles. The van der Waals surface area contributed by atoms with Crippen molar-refractivity contribution in [3.05, 3.63) is 84.9 Å². The molecular formula is C26H26N2O7S3. The van der Waals surface area contributed by atoms with Crippen LogP contribution in [0, 0.1) is 0 Å². The Bertz CT molecular complexity index is 1840. The largest absolute Gasteiger partial charge is 0.390 e. The number of benzene rings is 4. The lowest BCUT2D eigenvalue weighted by molar-refractivity contribution is 0.128. The van der Waals surface area contributed by atoms with E-state index in [1.54, 1.807) is 36.4 Å². The van der Waals surface area contributed by atoms with Crippen LogP contribution in [0.5, 0.6) is 0 Å². The molecule has 4 aromatic carbocycles. The van der Waals surface area contributed by atoms with Gasteiger partial charge in [-0.3, -0.25) is 0 Å². The van der Waals surface area contributed by atoms with Crippen LogP contribution in [0.25, 0.3) is 21.5 Å². The number of aliphatic hydroxyl groups excluding tert-OH is 1. The summed E-state index contributed by atoms with van der Waals surface area (Å²) in [5, 5.41) is 13.6. The van der Waals surface area contributed by atoms with Crippen LogP contribution in [0.15, 0.2) is 94.7 Å². The first-order valence-electron chi connectivity index (χ1n) is 11.8. The zero-order valence-corrected chi connectivity index (χ0v) is 22.6. The number of sulfone groups is 1. The van der Waals surface area contributed by atoms with E-state index in [2.05, 4.69) is 4.72 Å². The third kappa shape index (κ3) is 5.33. The highest BCUT2D eigenvalue weighted by Gasteiger charge is 2.44. The maximum Gasteiger partial charge on any atom is 0.243 e. The Kier molecular flexibility index (Phi) is 7.05. The van der Waals surface area contributed by atoms with Gasteiger partial charge in [0.15, 0.2) is 9.84 Å². The molecule has 0 aromatic heterocycles. The summed E-state index contributed by atoms with van der Waals surface area (Å²) >= 11 is 0. The fraction of sp³-hybridized carbons (Fsp3) is 0.231. The number of hydrogen-bond acceptors (Lipinski definition) is 7. The topological polar surface area (TPSA) is 138 Å². The summed E-state index contributed by atoms with van der Waals surface area (Å²) in [6.45, 7) is -0.704. The summed E-state index contributed by atoms with van der Waals surface area (Å²) in [5.74, 6) is -1.12. The van der Waals surface area contributed by atoms with E-state index in [0.29, 0.717) is 5.39 Å². The minimum Gasteiger partial charge on any atom is -0.390 e. The second-order valence-electron chi connectivity index (χ2n) is 9.24. The van der Waals surface area contributed by atoms with Crippen LogP contribution in [0.3, 0.4) is 0 Å². The standard InChI is InChI=1S/C26H26N2O7S3/c29-26-18-36(30,31)17-25(26)28(38(34,35)24-12-10-20-6-2-4-8-22(20)16-24)14-13-27-37(32,33)23-11-9-19-5-1-3-7-21(19)15-23/h1-12,15-16,25-27,29H,13-14,17-18H2/t25-,26+/m0/s1. The zero-order chi connectivity index (χ0) is 27.1. The van der Waals surface area contributed by atoms with Gasteiger partial charge in [-0.15, -0.1) is 0 Å². The van der Waals surface area contributed by atoms with E-state index in [4.69, 9.17) is 0 Å². The van der Waals surface area contributed by atoms with Crippen molar-refractivity contribution in [3.8, 4) is 0 Å². The minimum absolute atomic E-state index is 0.0172. The van der Waals surface area contributed by atoms with Crippen LogP contribution in [0.2, 0.25) is 0 Å². The van der Waals surface area contributed by atoms with Gasteiger partial charge in [-0.05, 0) is 45.8 Å². The van der Waals surface area contributed by atoms with E-state index in [1.165, 1.54) is 24.3 Å². The molecule has 1 heterocycles. The number of nitrogens with one attached hydrogen (secondary N) is 1. The smallest absolute Gasteiger partial charge is 0.243 e. The molecular weight excluding hydrogens is 548 g/mol. The number of hydrogen-bond donors (Lipinski definition) is 2. The van der Waals surface area contributed by atoms with Crippen LogP contribution < -0.4 is 4.72 Å². The molecule has 1 saturated heterocycles. The highest BCUT2D eigenvalue weighted by Crippen LogP contribution is 2.27. The van der Waals surface area contributed by atoms with Crippen LogP contribution in [-0.4, -0.2) is 71.4 Å². The first kappa shape index (κ1) is 26.7. The maximum absolute atomic E-state index is 13.7. The molecule has 0 unspecified atom stereocenters. The molecule has 0 aliphatic carbocycles. The summed E-state index contributed by atoms with van der Waals surface area (Å²) in [4.78, 5) is -0.0614. The monoisotopic (exact) mass is 574 g/mol. The average molecular weight is 575 g/mol. The molecule has 1 aliphatic heterocycles. The molecule has 200 valence electrons. The molecule has 38 heavy (non-hydrogen) atoms. The Morgan fingerprint density at radius 2 is 1.29 bits per heavy atom. The number of sulfonamides is 2. The fourth-order valence-corrected chi connectivity index (χ4v) is 9.36. The van der Waals surface area contributed by atoms with Crippen molar-refractivity contribution in [1.29, 1.82) is 0 Å². The molecule has 4 aromatic rings. The molecule has 1 fully saturated rings. The molecule has 5 rings (SSSR count). The van der Waals surface area contributed by atoms with E-state index < -0.39 is 53.5 Å².